The fourth-order valence-electron chi connectivity index (χ4n) is 3.52. The third-order valence-electron chi connectivity index (χ3n) is 4.47. The van der Waals surface area contributed by atoms with Crippen molar-refractivity contribution >= 4 is 11.3 Å². The molecule has 0 bridgehead atoms. The van der Waals surface area contributed by atoms with Gasteiger partial charge < -0.3 is 25.1 Å². The molecule has 0 radical (unpaired) electrons. The smallest absolute Gasteiger partial charge is 0.224 e. The summed E-state index contributed by atoms with van der Waals surface area (Å²) in [6.07, 6.45) is -0.454. The minimum atomic E-state index is -1.45. The molecule has 0 spiro atoms. The lowest BCUT2D eigenvalue weighted by molar-refractivity contribution is -0.204. The predicted octanol–water partition coefficient (Wildman–Crippen LogP) is -0.0584. The number of fused-ring (bicyclic) bond motifs is 2. The average molecular weight is 331 g/mol. The van der Waals surface area contributed by atoms with Crippen LogP contribution in [-0.4, -0.2) is 50.4 Å². The summed E-state index contributed by atoms with van der Waals surface area (Å²) in [4.78, 5) is 0. The number of rotatable bonds is 2. The summed E-state index contributed by atoms with van der Waals surface area (Å²) in [6, 6.07) is 5.68. The lowest BCUT2D eigenvalue weighted by atomic mass is 9.92. The van der Waals surface area contributed by atoms with Gasteiger partial charge >= 0.3 is 0 Å². The Bertz CT molecular complexity index is 844. The Kier molecular flexibility index (Phi) is 3.10. The first-order valence-corrected chi connectivity index (χ1v) is 7.56. The van der Waals surface area contributed by atoms with Crippen molar-refractivity contribution < 1.29 is 19.3 Å². The first-order chi connectivity index (χ1) is 11.4. The first-order valence-electron chi connectivity index (χ1n) is 7.56. The van der Waals surface area contributed by atoms with E-state index < -0.39 is 29.7 Å². The maximum absolute atomic E-state index is 9.97. The molecule has 2 saturated heterocycles. The van der Waals surface area contributed by atoms with Gasteiger partial charge in [-0.05, 0) is 26.0 Å². The number of nitrogen functional groups attached to an aromatic ring is 1. The molecule has 9 heteroatoms. The average Bonchev–Trinajstić information content (AvgIpc) is 3.18. The van der Waals surface area contributed by atoms with Crippen molar-refractivity contribution in [3.05, 3.63) is 24.2 Å². The van der Waals surface area contributed by atoms with Gasteiger partial charge in [-0.2, -0.15) is 5.26 Å². The van der Waals surface area contributed by atoms with Crippen LogP contribution in [0.25, 0.3) is 5.52 Å². The number of hydrogen-bond acceptors (Lipinski definition) is 8. The van der Waals surface area contributed by atoms with Gasteiger partial charge in [-0.1, -0.05) is 0 Å². The number of aromatic nitrogens is 3. The van der Waals surface area contributed by atoms with Gasteiger partial charge in [0.15, 0.2) is 11.6 Å². The van der Waals surface area contributed by atoms with E-state index in [0.29, 0.717) is 11.2 Å². The Morgan fingerprint density at radius 3 is 2.88 bits per heavy atom. The van der Waals surface area contributed by atoms with E-state index in [1.807, 2.05) is 0 Å². The van der Waals surface area contributed by atoms with Gasteiger partial charge in [0.2, 0.25) is 5.60 Å². The van der Waals surface area contributed by atoms with Gasteiger partial charge in [-0.25, -0.2) is 0 Å². The molecule has 24 heavy (non-hydrogen) atoms. The third kappa shape index (κ3) is 1.88. The van der Waals surface area contributed by atoms with Crippen LogP contribution in [-0.2, 0) is 19.8 Å². The normalized spacial score (nSPS) is 34.3. The topological polar surface area (TPSA) is 128 Å². The van der Waals surface area contributed by atoms with Crippen molar-refractivity contribution in [3.8, 4) is 6.07 Å². The largest absolute Gasteiger partial charge is 0.394 e. The van der Waals surface area contributed by atoms with Crippen molar-refractivity contribution in [3.63, 3.8) is 0 Å². The van der Waals surface area contributed by atoms with Crippen molar-refractivity contribution in [2.45, 2.75) is 43.5 Å². The molecule has 2 fully saturated rings. The second-order valence-corrected chi connectivity index (χ2v) is 6.40. The van der Waals surface area contributed by atoms with Crippen LogP contribution >= 0.6 is 0 Å². The van der Waals surface area contributed by atoms with Gasteiger partial charge in [0.25, 0.3) is 0 Å². The Labute approximate surface area is 137 Å². The van der Waals surface area contributed by atoms with E-state index in [1.165, 1.54) is 6.33 Å². The van der Waals surface area contributed by atoms with E-state index >= 15 is 0 Å². The lowest BCUT2D eigenvalue weighted by Crippen LogP contribution is -2.40. The second-order valence-electron chi connectivity index (χ2n) is 6.40. The van der Waals surface area contributed by atoms with Crippen LogP contribution in [0.15, 0.2) is 18.5 Å². The molecular formula is C15H17N5O4. The molecule has 3 N–H and O–H groups in total. The third-order valence-corrected chi connectivity index (χ3v) is 4.47. The summed E-state index contributed by atoms with van der Waals surface area (Å²) in [6.45, 7) is 3.25. The highest BCUT2D eigenvalue weighted by molar-refractivity contribution is 5.66. The van der Waals surface area contributed by atoms with Crippen LogP contribution < -0.4 is 5.73 Å². The van der Waals surface area contributed by atoms with E-state index in [0.717, 1.165) is 0 Å². The Morgan fingerprint density at radius 2 is 2.17 bits per heavy atom. The van der Waals surface area contributed by atoms with Gasteiger partial charge in [0, 0.05) is 0 Å². The molecule has 2 aliphatic heterocycles. The highest BCUT2D eigenvalue weighted by atomic mass is 16.8. The molecule has 2 aromatic rings. The summed E-state index contributed by atoms with van der Waals surface area (Å²) in [5, 5.41) is 27.3. The molecule has 0 aromatic carbocycles. The zero-order valence-corrected chi connectivity index (χ0v) is 13.2. The quantitative estimate of drug-likeness (QED) is 0.783. The van der Waals surface area contributed by atoms with E-state index in [9.17, 15) is 10.4 Å². The van der Waals surface area contributed by atoms with Crippen molar-refractivity contribution in [2.24, 2.45) is 0 Å². The molecule has 2 aromatic heterocycles. The monoisotopic (exact) mass is 331 g/mol. The summed E-state index contributed by atoms with van der Waals surface area (Å²) >= 11 is 0. The Morgan fingerprint density at radius 1 is 1.38 bits per heavy atom. The molecule has 0 unspecified atom stereocenters. The number of nitrogens with two attached hydrogens (primary N) is 1. The lowest BCUT2D eigenvalue weighted by Gasteiger charge is -2.29. The molecule has 2 aliphatic rings. The fourth-order valence-corrected chi connectivity index (χ4v) is 3.52. The number of nitrogens with zero attached hydrogens (tertiary/aromatic N) is 4. The zero-order valence-electron chi connectivity index (χ0n) is 13.2. The summed E-state index contributed by atoms with van der Waals surface area (Å²) in [5.74, 6) is -0.630. The number of aliphatic hydroxyl groups is 1. The molecule has 0 saturated carbocycles. The standard InChI is InChI=1S/C15H17N5O4/c1-14(2)23-11-9(5-21)22-15(6-16,12(11)24-14)10-4-3-8-13(17)19-18-7-20(8)10/h3-4,7,9,11-12,21H,5H2,1-2H3,(H2,17,19)/t9-,11-,12-,15+/m1/s1. The predicted molar refractivity (Wildman–Crippen MR) is 80.5 cm³/mol. The SMILES string of the molecule is CC1(C)O[C@H]2[C@@H](O1)[C@](C#N)(c1ccc3c(N)nncn13)O[C@@H]2CO. The highest BCUT2D eigenvalue weighted by Crippen LogP contribution is 2.49. The summed E-state index contributed by atoms with van der Waals surface area (Å²) < 4.78 is 19.4. The molecular weight excluding hydrogens is 314 g/mol. The molecule has 4 heterocycles. The molecule has 9 nitrogen and oxygen atoms in total. The summed E-state index contributed by atoms with van der Waals surface area (Å²) in [5.41, 5.74) is 5.51. The van der Waals surface area contributed by atoms with Gasteiger partial charge in [-0.15, -0.1) is 10.2 Å². The number of nitriles is 1. The van der Waals surface area contributed by atoms with Crippen LogP contribution in [0.5, 0.6) is 0 Å². The molecule has 126 valence electrons. The van der Waals surface area contributed by atoms with Crippen molar-refractivity contribution in [1.82, 2.24) is 14.6 Å². The van der Waals surface area contributed by atoms with Crippen LogP contribution in [0.3, 0.4) is 0 Å². The Balaban J connectivity index is 1.90. The van der Waals surface area contributed by atoms with Crippen LogP contribution in [0.1, 0.15) is 19.5 Å². The molecule has 0 aliphatic carbocycles. The number of anilines is 1. The second kappa shape index (κ2) is 4.87. The number of aliphatic hydroxyl groups excluding tert-OH is 1. The molecule has 4 rings (SSSR count). The van der Waals surface area contributed by atoms with Crippen molar-refractivity contribution in [1.29, 1.82) is 5.26 Å². The Hall–Kier alpha value is -2.25. The number of ether oxygens (including phenoxy) is 3. The van der Waals surface area contributed by atoms with Crippen LogP contribution in [0, 0.1) is 11.3 Å². The maximum atomic E-state index is 9.97. The zero-order chi connectivity index (χ0) is 17.1. The van der Waals surface area contributed by atoms with E-state index in [1.54, 1.807) is 30.4 Å². The van der Waals surface area contributed by atoms with Gasteiger partial charge in [0.1, 0.15) is 30.7 Å². The fraction of sp³-hybridized carbons (Fsp3) is 0.533. The minimum absolute atomic E-state index is 0.244. The van der Waals surface area contributed by atoms with Crippen LogP contribution in [0.2, 0.25) is 0 Å². The number of hydrogen-bond donors (Lipinski definition) is 2. The first kappa shape index (κ1) is 15.3. The molecule has 4 atom stereocenters. The minimum Gasteiger partial charge on any atom is -0.394 e. The maximum Gasteiger partial charge on any atom is 0.224 e. The molecule has 0 amide bonds. The van der Waals surface area contributed by atoms with Crippen molar-refractivity contribution in [2.75, 3.05) is 12.3 Å². The van der Waals surface area contributed by atoms with Crippen LogP contribution in [0.4, 0.5) is 5.82 Å². The van der Waals surface area contributed by atoms with E-state index in [4.69, 9.17) is 19.9 Å². The van der Waals surface area contributed by atoms with Gasteiger partial charge in [-0.3, -0.25) is 4.40 Å². The summed E-state index contributed by atoms with van der Waals surface area (Å²) in [7, 11) is 0. The van der Waals surface area contributed by atoms with E-state index in [-0.39, 0.29) is 12.4 Å². The van der Waals surface area contributed by atoms with Gasteiger partial charge in [0.05, 0.1) is 17.8 Å². The van der Waals surface area contributed by atoms with E-state index in [2.05, 4.69) is 16.3 Å². The highest BCUT2D eigenvalue weighted by Gasteiger charge is 2.65.